The van der Waals surface area contributed by atoms with E-state index in [0.717, 1.165) is 6.07 Å². The molecule has 4 nitrogen and oxygen atoms in total. The molecule has 1 aromatic rings. The van der Waals surface area contributed by atoms with Gasteiger partial charge in [-0.3, -0.25) is 0 Å². The summed E-state index contributed by atoms with van der Waals surface area (Å²) < 4.78 is 36.7. The van der Waals surface area contributed by atoms with E-state index in [-0.39, 0.29) is 11.7 Å². The van der Waals surface area contributed by atoms with Crippen molar-refractivity contribution in [3.63, 3.8) is 0 Å². The van der Waals surface area contributed by atoms with E-state index in [9.17, 15) is 18.0 Å². The number of carbonyl (C=O) groups is 1. The van der Waals surface area contributed by atoms with Crippen molar-refractivity contribution < 1.29 is 18.0 Å². The Bertz CT molecular complexity index is 437. The van der Waals surface area contributed by atoms with Crippen LogP contribution in [0.3, 0.4) is 0 Å². The number of nitrogens with one attached hydrogen (secondary N) is 1. The van der Waals surface area contributed by atoms with Gasteiger partial charge < -0.3 is 23.7 Å². The van der Waals surface area contributed by atoms with Crippen LogP contribution in [0.2, 0.25) is 0 Å². The van der Waals surface area contributed by atoms with Crippen LogP contribution in [0, 0.1) is 0 Å². The zero-order valence-corrected chi connectivity index (χ0v) is 9.88. The normalized spacial score (nSPS) is 12.5. The minimum atomic E-state index is -4.36. The Hall–Kier alpha value is -1.35. The molecule has 0 saturated heterocycles. The van der Waals surface area contributed by atoms with Crippen LogP contribution in [0.4, 0.5) is 18.0 Å². The van der Waals surface area contributed by atoms with Crippen LogP contribution in [-0.2, 0) is 25.3 Å². The Balaban J connectivity index is 2.57. The average Bonchev–Trinajstić information content (AvgIpc) is 2.61. The molecule has 2 amide bonds. The van der Waals surface area contributed by atoms with Crippen LogP contribution >= 0.6 is 11.3 Å². The highest BCUT2D eigenvalue weighted by Gasteiger charge is 2.32. The van der Waals surface area contributed by atoms with E-state index in [1.807, 2.05) is 0 Å². The summed E-state index contributed by atoms with van der Waals surface area (Å²) in [5, 5.41) is 1.94. The Kier molecular flexibility index (Phi) is 4.29. The Morgan fingerprint density at radius 3 is 2.65 bits per heavy atom. The molecule has 17 heavy (non-hydrogen) atoms. The summed E-state index contributed by atoms with van der Waals surface area (Å²) in [6, 6.07) is 1.46. The van der Waals surface area contributed by atoms with Gasteiger partial charge in [0.2, 0.25) is 0 Å². The summed E-state index contributed by atoms with van der Waals surface area (Å²) in [4.78, 5) is 13.8. The van der Waals surface area contributed by atoms with Crippen LogP contribution in [-0.4, -0.2) is 11.2 Å². The van der Waals surface area contributed by atoms with Gasteiger partial charge in [0.05, 0.1) is 6.54 Å². The predicted octanol–water partition coefficient (Wildman–Crippen LogP) is 1.84. The second-order valence-corrected chi connectivity index (χ2v) is 4.46. The van der Waals surface area contributed by atoms with Gasteiger partial charge in [0, 0.05) is 4.88 Å². The lowest BCUT2D eigenvalue weighted by atomic mass is 10.4. The maximum Gasteiger partial charge on any atom is 0.425 e. The first kappa shape index (κ1) is 13.7. The first-order valence-electron chi connectivity index (χ1n) is 4.24. The maximum absolute atomic E-state index is 12.2. The molecule has 0 fully saturated rings. The van der Waals surface area contributed by atoms with Gasteiger partial charge in [-0.2, -0.15) is 13.2 Å². The molecule has 0 aliphatic rings. The van der Waals surface area contributed by atoms with Gasteiger partial charge in [0.1, 0.15) is 4.88 Å². The monoisotopic (exact) mass is 282 g/mol. The number of rotatable bonds is 2. The van der Waals surface area contributed by atoms with E-state index in [0.29, 0.717) is 16.2 Å². The largest absolute Gasteiger partial charge is 0.743 e. The van der Waals surface area contributed by atoms with Crippen LogP contribution in [0.5, 0.6) is 0 Å². The number of hydrogen-bond donors (Lipinski definition) is 2. The maximum atomic E-state index is 12.2. The number of nitrogens with two attached hydrogens (primary N) is 1. The van der Waals surface area contributed by atoms with E-state index in [4.69, 9.17) is 5.73 Å². The van der Waals surface area contributed by atoms with Crippen molar-refractivity contribution in [1.82, 2.24) is 5.32 Å². The van der Waals surface area contributed by atoms with Crippen LogP contribution in [0.15, 0.2) is 17.1 Å². The Labute approximate surface area is 104 Å². The molecule has 1 aromatic heterocycles. The van der Waals surface area contributed by atoms with Crippen molar-refractivity contribution >= 4 is 35.2 Å². The quantitative estimate of drug-likeness (QED) is 0.494. The molecule has 0 aliphatic heterocycles. The molecule has 94 valence electrons. The second-order valence-electron chi connectivity index (χ2n) is 2.87. The predicted molar refractivity (Wildman–Crippen MR) is 60.5 cm³/mol. The zero-order chi connectivity index (χ0) is 13.1. The van der Waals surface area contributed by atoms with E-state index in [2.05, 4.69) is 22.9 Å². The molecule has 0 atom stereocenters. The molecule has 3 N–H and O–H groups in total. The zero-order valence-electron chi connectivity index (χ0n) is 8.25. The average molecular weight is 282 g/mol. The number of urea groups is 1. The van der Waals surface area contributed by atoms with E-state index < -0.39 is 17.1 Å². The van der Waals surface area contributed by atoms with Gasteiger partial charge in [-0.1, -0.05) is 0 Å². The smallest absolute Gasteiger partial charge is 0.425 e. The number of thiophene rings is 1. The molecule has 1 heterocycles. The van der Waals surface area contributed by atoms with E-state index in [1.54, 1.807) is 0 Å². The summed E-state index contributed by atoms with van der Waals surface area (Å²) >= 11 is 4.91. The topological polar surface area (TPSA) is 67.5 Å². The van der Waals surface area contributed by atoms with Gasteiger partial charge in [-0.15, -0.1) is 11.3 Å². The molecule has 0 aromatic carbocycles. The molecular formula is C8H7F3N3OS2-. The highest BCUT2D eigenvalue weighted by molar-refractivity contribution is 7.77. The molecule has 0 spiro atoms. The SMILES string of the molecule is N/C([S-])=N/C(=O)NCc1ccc(C(F)(F)F)s1. The summed E-state index contributed by atoms with van der Waals surface area (Å²) in [6.07, 6.45) is -4.36. The van der Waals surface area contributed by atoms with Crippen molar-refractivity contribution in [2.24, 2.45) is 10.7 Å². The van der Waals surface area contributed by atoms with E-state index in [1.165, 1.54) is 6.07 Å². The lowest BCUT2D eigenvalue weighted by molar-refractivity contribution is -0.134. The van der Waals surface area contributed by atoms with Crippen molar-refractivity contribution in [1.29, 1.82) is 0 Å². The van der Waals surface area contributed by atoms with Crippen molar-refractivity contribution in [3.8, 4) is 0 Å². The lowest BCUT2D eigenvalue weighted by Crippen LogP contribution is -2.21. The first-order chi connectivity index (χ1) is 7.79. The van der Waals surface area contributed by atoms with Crippen molar-refractivity contribution in [2.75, 3.05) is 0 Å². The highest BCUT2D eigenvalue weighted by atomic mass is 32.1. The number of aliphatic imine (C=N–C) groups is 1. The number of amides is 2. The summed E-state index contributed by atoms with van der Waals surface area (Å²) in [5.41, 5.74) is 4.98. The van der Waals surface area contributed by atoms with Crippen LogP contribution < -0.4 is 11.1 Å². The van der Waals surface area contributed by atoms with Gasteiger partial charge >= 0.3 is 12.2 Å². The fourth-order valence-electron chi connectivity index (χ4n) is 0.928. The highest BCUT2D eigenvalue weighted by Crippen LogP contribution is 2.34. The third kappa shape index (κ3) is 4.57. The number of alkyl halides is 3. The summed E-state index contributed by atoms with van der Waals surface area (Å²) in [7, 11) is 0. The number of carbonyl (C=O) groups excluding carboxylic acids is 1. The van der Waals surface area contributed by atoms with Crippen molar-refractivity contribution in [2.45, 2.75) is 12.7 Å². The third-order valence-corrected chi connectivity index (χ3v) is 2.79. The van der Waals surface area contributed by atoms with Crippen LogP contribution in [0.1, 0.15) is 9.75 Å². The van der Waals surface area contributed by atoms with Crippen LogP contribution in [0.25, 0.3) is 0 Å². The van der Waals surface area contributed by atoms with Gasteiger partial charge in [0.25, 0.3) is 0 Å². The van der Waals surface area contributed by atoms with Gasteiger partial charge in [0.15, 0.2) is 0 Å². The minimum absolute atomic E-state index is 0.0499. The molecule has 0 bridgehead atoms. The number of halogens is 3. The molecule has 1 rings (SSSR count). The van der Waals surface area contributed by atoms with Crippen molar-refractivity contribution in [3.05, 3.63) is 21.9 Å². The molecule has 0 unspecified atom stereocenters. The van der Waals surface area contributed by atoms with E-state index >= 15 is 0 Å². The lowest BCUT2D eigenvalue weighted by Gasteiger charge is -2.03. The molecule has 0 saturated carbocycles. The fourth-order valence-corrected chi connectivity index (χ4v) is 1.83. The first-order valence-corrected chi connectivity index (χ1v) is 5.46. The Morgan fingerprint density at radius 2 is 2.18 bits per heavy atom. The molecule has 0 radical (unpaired) electrons. The molecule has 0 aliphatic carbocycles. The molecule has 9 heteroatoms. The fraction of sp³-hybridized carbons (Fsp3) is 0.250. The van der Waals surface area contributed by atoms with Gasteiger partial charge in [-0.25, -0.2) is 9.79 Å². The molecular weight excluding hydrogens is 275 g/mol. The standard InChI is InChI=1S/C8H8F3N3OS2/c9-8(10,11)5-2-1-4(17-5)3-13-7(15)14-6(12)16/h1-2H,3H2,(H4,12,13,14,15,16)/p-1. The number of hydrogen-bond acceptors (Lipinski definition) is 3. The third-order valence-electron chi connectivity index (χ3n) is 1.57. The Morgan fingerprint density at radius 1 is 1.53 bits per heavy atom. The summed E-state index contributed by atoms with van der Waals surface area (Å²) in [6.45, 7) is -0.0499. The number of nitrogens with zero attached hydrogens (tertiary/aromatic N) is 1. The number of amidine groups is 1. The minimum Gasteiger partial charge on any atom is -0.743 e. The van der Waals surface area contributed by atoms with Gasteiger partial charge in [-0.05, 0) is 17.3 Å². The summed E-state index contributed by atoms with van der Waals surface area (Å²) in [5.74, 6) is 0. The second kappa shape index (κ2) is 5.32.